The van der Waals surface area contributed by atoms with Crippen molar-refractivity contribution in [3.63, 3.8) is 0 Å². The second kappa shape index (κ2) is 6.12. The van der Waals surface area contributed by atoms with Crippen LogP contribution >= 0.6 is 0 Å². The van der Waals surface area contributed by atoms with E-state index in [0.717, 1.165) is 0 Å². The smallest absolute Gasteiger partial charge is 0.547 e. The van der Waals surface area contributed by atoms with Crippen LogP contribution in [-0.2, 0) is 14.3 Å². The number of ether oxygens (including phenoxy) is 2. The summed E-state index contributed by atoms with van der Waals surface area (Å²) in [5.74, 6) is -1.68. The molecular formula is C7H11NaO7. The molecule has 1 rings (SSSR count). The molecule has 0 unspecified atom stereocenters. The van der Waals surface area contributed by atoms with Crippen molar-refractivity contribution >= 4 is 5.97 Å². The van der Waals surface area contributed by atoms with Gasteiger partial charge >= 0.3 is 29.6 Å². The average molecular weight is 230 g/mol. The number of rotatable bonds is 2. The molecule has 1 saturated heterocycles. The van der Waals surface area contributed by atoms with E-state index in [1.807, 2.05) is 0 Å². The van der Waals surface area contributed by atoms with Crippen molar-refractivity contribution < 1.29 is 64.3 Å². The van der Waals surface area contributed by atoms with Gasteiger partial charge in [-0.25, -0.2) is 0 Å². The van der Waals surface area contributed by atoms with Gasteiger partial charge in [0.05, 0.1) is 5.97 Å². The predicted molar refractivity (Wildman–Crippen MR) is 38.7 cm³/mol. The Labute approximate surface area is 108 Å². The van der Waals surface area contributed by atoms with Crippen molar-refractivity contribution in [1.29, 1.82) is 0 Å². The molecule has 7 nitrogen and oxygen atoms in total. The fourth-order valence-corrected chi connectivity index (χ4v) is 1.24. The fourth-order valence-electron chi connectivity index (χ4n) is 1.24. The number of aliphatic carboxylic acids is 1. The van der Waals surface area contributed by atoms with E-state index in [0.29, 0.717) is 0 Å². The summed E-state index contributed by atoms with van der Waals surface area (Å²) in [5.41, 5.74) is 0. The first kappa shape index (κ1) is 15.3. The van der Waals surface area contributed by atoms with E-state index in [-0.39, 0.29) is 29.6 Å². The molecule has 0 aromatic heterocycles. The van der Waals surface area contributed by atoms with Crippen LogP contribution in [0.5, 0.6) is 0 Å². The summed E-state index contributed by atoms with van der Waals surface area (Å²) in [6.45, 7) is 0. The van der Waals surface area contributed by atoms with Crippen molar-refractivity contribution in [2.45, 2.75) is 30.7 Å². The van der Waals surface area contributed by atoms with Crippen molar-refractivity contribution in [3.8, 4) is 0 Å². The first-order chi connectivity index (χ1) is 6.49. The Morgan fingerprint density at radius 3 is 2.20 bits per heavy atom. The molecule has 8 heteroatoms. The maximum Gasteiger partial charge on any atom is 1.00 e. The van der Waals surface area contributed by atoms with E-state index in [1.54, 1.807) is 0 Å². The van der Waals surface area contributed by atoms with E-state index in [9.17, 15) is 25.2 Å². The third-order valence-corrected chi connectivity index (χ3v) is 2.03. The van der Waals surface area contributed by atoms with Gasteiger partial charge in [-0.05, 0) is 0 Å². The van der Waals surface area contributed by atoms with Gasteiger partial charge in [-0.15, -0.1) is 0 Å². The molecule has 0 bridgehead atoms. The van der Waals surface area contributed by atoms with Crippen LogP contribution in [0, 0.1) is 0 Å². The van der Waals surface area contributed by atoms with Crippen LogP contribution in [0.4, 0.5) is 0 Å². The van der Waals surface area contributed by atoms with Gasteiger partial charge < -0.3 is 34.7 Å². The number of methoxy groups -OCH3 is 1. The molecule has 0 radical (unpaired) electrons. The number of carboxylic acid groups (broad SMARTS) is 1. The average Bonchev–Trinajstić information content (AvgIpc) is 2.14. The molecule has 0 amide bonds. The monoisotopic (exact) mass is 230 g/mol. The van der Waals surface area contributed by atoms with Gasteiger partial charge in [0.15, 0.2) is 6.29 Å². The van der Waals surface area contributed by atoms with Crippen LogP contribution in [0.2, 0.25) is 0 Å². The molecular weight excluding hydrogens is 219 g/mol. The minimum Gasteiger partial charge on any atom is -0.547 e. The Bertz CT molecular complexity index is 221. The molecule has 15 heavy (non-hydrogen) atoms. The van der Waals surface area contributed by atoms with Crippen LogP contribution in [0.25, 0.3) is 0 Å². The third kappa shape index (κ3) is 3.11. The zero-order valence-electron chi connectivity index (χ0n) is 8.36. The molecule has 0 aromatic carbocycles. The number of aliphatic hydroxyl groups excluding tert-OH is 3. The van der Waals surface area contributed by atoms with Gasteiger partial charge in [0.1, 0.15) is 24.4 Å². The van der Waals surface area contributed by atoms with Gasteiger partial charge in [0, 0.05) is 7.11 Å². The summed E-state index contributed by atoms with van der Waals surface area (Å²) >= 11 is 0. The minimum atomic E-state index is -1.73. The van der Waals surface area contributed by atoms with Crippen molar-refractivity contribution in [3.05, 3.63) is 0 Å². The first-order valence-electron chi connectivity index (χ1n) is 3.92. The van der Waals surface area contributed by atoms with E-state index in [2.05, 4.69) is 9.47 Å². The topological polar surface area (TPSA) is 119 Å². The van der Waals surface area contributed by atoms with E-state index < -0.39 is 36.7 Å². The fraction of sp³-hybridized carbons (Fsp3) is 0.857. The number of carboxylic acids is 1. The Morgan fingerprint density at radius 2 is 1.80 bits per heavy atom. The van der Waals surface area contributed by atoms with Crippen LogP contribution in [0.15, 0.2) is 0 Å². The molecule has 1 aliphatic heterocycles. The molecule has 0 saturated carbocycles. The summed E-state index contributed by atoms with van der Waals surface area (Å²) in [6, 6.07) is 0. The Kier molecular flexibility index (Phi) is 6.23. The number of carbonyl (C=O) groups excluding carboxylic acids is 1. The second-order valence-corrected chi connectivity index (χ2v) is 2.95. The standard InChI is InChI=1S/C7H12O7.Na/c1-13-7-4(10)2(8)3(9)5(14-7)6(11)12;/h2-5,7-10H,1H3,(H,11,12);/q;+1/p-1/t2-,3-,4-,5-,7+;/m0./s1. The number of hydrogen-bond acceptors (Lipinski definition) is 7. The summed E-state index contributed by atoms with van der Waals surface area (Å²) < 4.78 is 9.22. The molecule has 0 spiro atoms. The maximum atomic E-state index is 10.4. The van der Waals surface area contributed by atoms with Gasteiger partial charge in [0.25, 0.3) is 0 Å². The van der Waals surface area contributed by atoms with Crippen molar-refractivity contribution in [1.82, 2.24) is 0 Å². The summed E-state index contributed by atoms with van der Waals surface area (Å²) in [4.78, 5) is 10.4. The Hall–Kier alpha value is 0.270. The van der Waals surface area contributed by atoms with Crippen LogP contribution in [0.1, 0.15) is 0 Å². The normalized spacial score (nSPS) is 40.7. The Morgan fingerprint density at radius 1 is 1.27 bits per heavy atom. The SMILES string of the molecule is CO[C@@H]1O[C@H](C(=O)[O-])[C@@H](O)[C@H](O)[C@@H]1O.[Na+]. The molecule has 5 atom stereocenters. The van der Waals surface area contributed by atoms with E-state index in [4.69, 9.17) is 0 Å². The number of aliphatic hydroxyl groups is 3. The number of carbonyl (C=O) groups is 1. The molecule has 3 N–H and O–H groups in total. The largest absolute Gasteiger partial charge is 1.00 e. The molecule has 0 aromatic rings. The van der Waals surface area contributed by atoms with Gasteiger partial charge in [0.2, 0.25) is 0 Å². The van der Waals surface area contributed by atoms with Gasteiger partial charge in [-0.2, -0.15) is 0 Å². The van der Waals surface area contributed by atoms with Crippen molar-refractivity contribution in [2.24, 2.45) is 0 Å². The second-order valence-electron chi connectivity index (χ2n) is 2.95. The van der Waals surface area contributed by atoms with E-state index >= 15 is 0 Å². The molecule has 1 aliphatic rings. The van der Waals surface area contributed by atoms with Crippen LogP contribution in [0.3, 0.4) is 0 Å². The summed E-state index contributed by atoms with van der Waals surface area (Å²) in [5, 5.41) is 38.1. The predicted octanol–water partition coefficient (Wildman–Crippen LogP) is -6.81. The maximum absolute atomic E-state index is 10.4. The first-order valence-corrected chi connectivity index (χ1v) is 3.92. The summed E-state index contributed by atoms with van der Waals surface area (Å²) in [7, 11) is 1.17. The molecule has 1 fully saturated rings. The van der Waals surface area contributed by atoms with Gasteiger partial charge in [-0.1, -0.05) is 0 Å². The number of hydrogen-bond donors (Lipinski definition) is 3. The van der Waals surface area contributed by atoms with Gasteiger partial charge in [-0.3, -0.25) is 0 Å². The summed E-state index contributed by atoms with van der Waals surface area (Å²) in [6.07, 6.45) is -7.88. The zero-order valence-corrected chi connectivity index (χ0v) is 10.4. The van der Waals surface area contributed by atoms with Crippen LogP contribution < -0.4 is 34.7 Å². The molecule has 82 valence electrons. The third-order valence-electron chi connectivity index (χ3n) is 2.03. The van der Waals surface area contributed by atoms with E-state index in [1.165, 1.54) is 7.11 Å². The molecule has 1 heterocycles. The Balaban J connectivity index is 0.00000196. The zero-order chi connectivity index (χ0) is 10.9. The molecule has 0 aliphatic carbocycles. The van der Waals surface area contributed by atoms with Crippen LogP contribution in [-0.4, -0.2) is 59.1 Å². The van der Waals surface area contributed by atoms with Crippen molar-refractivity contribution in [2.75, 3.05) is 7.11 Å². The quantitative estimate of drug-likeness (QED) is 0.403. The minimum absolute atomic E-state index is 0.